The molecule has 0 radical (unpaired) electrons. The smallest absolute Gasteiger partial charge is 0.251 e. The molecule has 0 aliphatic carbocycles. The average molecular weight is 275 g/mol. The Balaban J connectivity index is 2.18. The molecule has 0 aliphatic rings. The summed E-state index contributed by atoms with van der Waals surface area (Å²) in [6, 6.07) is 7.77. The second-order valence-electron chi connectivity index (χ2n) is 4.61. The molecule has 0 aliphatic heterocycles. The highest BCUT2D eigenvalue weighted by Crippen LogP contribution is 2.26. The number of nitrogens with one attached hydrogen (secondary N) is 1. The van der Waals surface area contributed by atoms with E-state index in [2.05, 4.69) is 29.0 Å². The van der Waals surface area contributed by atoms with Crippen molar-refractivity contribution in [3.8, 4) is 0 Å². The molecule has 1 atom stereocenters. The molecule has 1 aromatic carbocycles. The number of aryl methyl sites for hydroxylation is 1. The van der Waals surface area contributed by atoms with Gasteiger partial charge < -0.3 is 10.7 Å². The summed E-state index contributed by atoms with van der Waals surface area (Å²) in [5.41, 5.74) is 8.15. The number of aromatic nitrogens is 2. The van der Waals surface area contributed by atoms with Crippen LogP contribution in [0.25, 0.3) is 0 Å². The summed E-state index contributed by atoms with van der Waals surface area (Å²) in [7, 11) is 0. The monoisotopic (exact) mass is 275 g/mol. The van der Waals surface area contributed by atoms with Gasteiger partial charge in [-0.2, -0.15) is 0 Å². The molecule has 5 heteroatoms. The Labute approximate surface area is 116 Å². The van der Waals surface area contributed by atoms with Crippen LogP contribution in [0.4, 0.5) is 0 Å². The minimum absolute atomic E-state index is 0.136. The van der Waals surface area contributed by atoms with Crippen molar-refractivity contribution in [1.29, 1.82) is 0 Å². The van der Waals surface area contributed by atoms with E-state index >= 15 is 0 Å². The van der Waals surface area contributed by atoms with Crippen LogP contribution >= 0.6 is 11.8 Å². The van der Waals surface area contributed by atoms with Crippen molar-refractivity contribution in [2.75, 3.05) is 0 Å². The SMILES string of the molecule is Cc1cc(Sc2nccc(=O)[nH]2)ccc1CC(C)N. The summed E-state index contributed by atoms with van der Waals surface area (Å²) in [6.45, 7) is 4.07. The second-order valence-corrected chi connectivity index (χ2v) is 5.67. The van der Waals surface area contributed by atoms with Gasteiger partial charge in [0.25, 0.3) is 5.56 Å². The summed E-state index contributed by atoms with van der Waals surface area (Å²) in [4.78, 5) is 19.1. The molecule has 1 aromatic heterocycles. The molecule has 4 nitrogen and oxygen atoms in total. The maximum absolute atomic E-state index is 11.2. The first-order valence-electron chi connectivity index (χ1n) is 6.13. The molecule has 0 amide bonds. The van der Waals surface area contributed by atoms with E-state index < -0.39 is 0 Å². The standard InChI is InChI=1S/C14H17N3OS/c1-9-7-12(4-3-11(9)8-10(2)15)19-14-16-6-5-13(18)17-14/h3-7,10H,8,15H2,1-2H3,(H,16,17,18). The Morgan fingerprint density at radius 2 is 2.21 bits per heavy atom. The zero-order chi connectivity index (χ0) is 13.8. The van der Waals surface area contributed by atoms with Gasteiger partial charge in [-0.25, -0.2) is 4.98 Å². The van der Waals surface area contributed by atoms with Crippen LogP contribution < -0.4 is 11.3 Å². The molecule has 0 spiro atoms. The Kier molecular flexibility index (Phi) is 4.39. The molecule has 0 saturated heterocycles. The third-order valence-electron chi connectivity index (χ3n) is 2.72. The fourth-order valence-corrected chi connectivity index (χ4v) is 2.68. The number of aromatic amines is 1. The summed E-state index contributed by atoms with van der Waals surface area (Å²) < 4.78 is 0. The van der Waals surface area contributed by atoms with E-state index in [1.807, 2.05) is 13.0 Å². The van der Waals surface area contributed by atoms with Crippen LogP contribution in [0.15, 0.2) is 45.3 Å². The number of nitrogens with zero attached hydrogens (tertiary/aromatic N) is 1. The van der Waals surface area contributed by atoms with Crippen molar-refractivity contribution in [2.24, 2.45) is 5.73 Å². The molecular formula is C14H17N3OS. The topological polar surface area (TPSA) is 71.8 Å². The van der Waals surface area contributed by atoms with Gasteiger partial charge in [0.1, 0.15) is 0 Å². The van der Waals surface area contributed by atoms with E-state index in [4.69, 9.17) is 5.73 Å². The van der Waals surface area contributed by atoms with Gasteiger partial charge in [0.05, 0.1) is 0 Å². The van der Waals surface area contributed by atoms with E-state index in [-0.39, 0.29) is 11.6 Å². The van der Waals surface area contributed by atoms with E-state index in [1.54, 1.807) is 0 Å². The van der Waals surface area contributed by atoms with Crippen molar-refractivity contribution < 1.29 is 0 Å². The molecule has 1 heterocycles. The van der Waals surface area contributed by atoms with E-state index in [0.717, 1.165) is 11.3 Å². The molecule has 0 fully saturated rings. The van der Waals surface area contributed by atoms with Crippen LogP contribution in [0, 0.1) is 6.92 Å². The Bertz CT molecular complexity index is 622. The third-order valence-corrected chi connectivity index (χ3v) is 3.61. The lowest BCUT2D eigenvalue weighted by molar-refractivity contribution is 0.734. The average Bonchev–Trinajstić information content (AvgIpc) is 2.32. The molecule has 0 saturated carbocycles. The maximum Gasteiger partial charge on any atom is 0.251 e. The minimum Gasteiger partial charge on any atom is -0.328 e. The third kappa shape index (κ3) is 3.94. The predicted octanol–water partition coefficient (Wildman–Crippen LogP) is 2.12. The summed E-state index contributed by atoms with van der Waals surface area (Å²) >= 11 is 1.45. The first-order valence-corrected chi connectivity index (χ1v) is 6.94. The largest absolute Gasteiger partial charge is 0.328 e. The first kappa shape index (κ1) is 13.8. The lowest BCUT2D eigenvalue weighted by Gasteiger charge is -2.10. The van der Waals surface area contributed by atoms with Gasteiger partial charge in [-0.3, -0.25) is 4.79 Å². The normalized spacial score (nSPS) is 12.4. The second kappa shape index (κ2) is 6.04. The van der Waals surface area contributed by atoms with Crippen LogP contribution in [0.1, 0.15) is 18.1 Å². The van der Waals surface area contributed by atoms with Crippen molar-refractivity contribution in [3.63, 3.8) is 0 Å². The maximum atomic E-state index is 11.2. The quantitative estimate of drug-likeness (QED) is 0.838. The van der Waals surface area contributed by atoms with Crippen LogP contribution in [-0.4, -0.2) is 16.0 Å². The van der Waals surface area contributed by atoms with Gasteiger partial charge in [0.2, 0.25) is 0 Å². The number of hydrogen-bond donors (Lipinski definition) is 2. The van der Waals surface area contributed by atoms with Gasteiger partial charge in [0.15, 0.2) is 5.16 Å². The predicted molar refractivity (Wildman–Crippen MR) is 77.5 cm³/mol. The molecule has 3 N–H and O–H groups in total. The zero-order valence-corrected chi connectivity index (χ0v) is 11.8. The van der Waals surface area contributed by atoms with Crippen LogP contribution in [0.2, 0.25) is 0 Å². The van der Waals surface area contributed by atoms with E-state index in [1.165, 1.54) is 35.2 Å². The Morgan fingerprint density at radius 3 is 2.84 bits per heavy atom. The van der Waals surface area contributed by atoms with Gasteiger partial charge in [-0.15, -0.1) is 0 Å². The van der Waals surface area contributed by atoms with Crippen LogP contribution in [0.5, 0.6) is 0 Å². The van der Waals surface area contributed by atoms with Crippen molar-refractivity contribution in [1.82, 2.24) is 9.97 Å². The molecular weight excluding hydrogens is 258 g/mol. The molecule has 0 bridgehead atoms. The number of benzene rings is 1. The highest BCUT2D eigenvalue weighted by molar-refractivity contribution is 7.99. The molecule has 1 unspecified atom stereocenters. The summed E-state index contributed by atoms with van der Waals surface area (Å²) in [6.07, 6.45) is 2.38. The highest BCUT2D eigenvalue weighted by Gasteiger charge is 2.05. The van der Waals surface area contributed by atoms with E-state index in [0.29, 0.717) is 5.16 Å². The number of hydrogen-bond acceptors (Lipinski definition) is 4. The summed E-state index contributed by atoms with van der Waals surface area (Å²) in [5, 5.41) is 0.604. The fourth-order valence-electron chi connectivity index (χ4n) is 1.82. The van der Waals surface area contributed by atoms with Crippen molar-refractivity contribution in [3.05, 3.63) is 51.9 Å². The van der Waals surface area contributed by atoms with Gasteiger partial charge in [-0.05, 0) is 43.5 Å². The van der Waals surface area contributed by atoms with Crippen LogP contribution in [0.3, 0.4) is 0 Å². The Hall–Kier alpha value is -1.59. The van der Waals surface area contributed by atoms with Gasteiger partial charge in [-0.1, -0.05) is 17.8 Å². The lowest BCUT2D eigenvalue weighted by atomic mass is 10.0. The van der Waals surface area contributed by atoms with Crippen molar-refractivity contribution in [2.45, 2.75) is 36.4 Å². The zero-order valence-electron chi connectivity index (χ0n) is 11.0. The van der Waals surface area contributed by atoms with E-state index in [9.17, 15) is 4.79 Å². The number of H-pyrrole nitrogens is 1. The molecule has 2 rings (SSSR count). The Morgan fingerprint density at radius 1 is 1.42 bits per heavy atom. The first-order chi connectivity index (χ1) is 9.04. The minimum atomic E-state index is -0.136. The van der Waals surface area contributed by atoms with Crippen molar-refractivity contribution >= 4 is 11.8 Å². The molecule has 2 aromatic rings. The highest BCUT2D eigenvalue weighted by atomic mass is 32.2. The van der Waals surface area contributed by atoms with Crippen LogP contribution in [-0.2, 0) is 6.42 Å². The lowest BCUT2D eigenvalue weighted by Crippen LogP contribution is -2.18. The summed E-state index contributed by atoms with van der Waals surface area (Å²) in [5.74, 6) is 0. The fraction of sp³-hybridized carbons (Fsp3) is 0.286. The van der Waals surface area contributed by atoms with Gasteiger partial charge in [0, 0.05) is 23.2 Å². The number of rotatable bonds is 4. The molecule has 19 heavy (non-hydrogen) atoms. The van der Waals surface area contributed by atoms with Gasteiger partial charge >= 0.3 is 0 Å². The molecule has 100 valence electrons. The number of nitrogens with two attached hydrogens (primary N) is 1.